The number of benzene rings is 3. The average Bonchev–Trinajstić information content (AvgIpc) is 3.30. The topological polar surface area (TPSA) is 66.9 Å². The van der Waals surface area contributed by atoms with Crippen LogP contribution in [0.5, 0.6) is 5.75 Å². The smallest absolute Gasteiger partial charge is 0.271 e. The van der Waals surface area contributed by atoms with Crippen molar-refractivity contribution >= 4 is 68.0 Å². The Balaban J connectivity index is 1.57. The number of carbonyl (C=O) groups excluding carboxylic acids is 3. The predicted octanol–water partition coefficient (Wildman–Crippen LogP) is 6.12. The maximum atomic E-state index is 13.8. The lowest BCUT2D eigenvalue weighted by atomic mass is 10.1. The van der Waals surface area contributed by atoms with Crippen LogP contribution < -0.4 is 9.64 Å². The summed E-state index contributed by atoms with van der Waals surface area (Å²) in [5.74, 6) is -0.752. The van der Waals surface area contributed by atoms with Crippen molar-refractivity contribution in [3.63, 3.8) is 0 Å². The van der Waals surface area contributed by atoms with Crippen LogP contribution in [0.3, 0.4) is 0 Å². The molecule has 9 heteroatoms. The van der Waals surface area contributed by atoms with Gasteiger partial charge in [0, 0.05) is 20.8 Å². The van der Waals surface area contributed by atoms with E-state index in [4.69, 9.17) is 27.9 Å². The zero-order chi connectivity index (χ0) is 24.0. The van der Waals surface area contributed by atoms with Gasteiger partial charge in [0.15, 0.2) is 0 Å². The number of amides is 3. The SMILES string of the molecule is COc1ccc(N(CN2C(=O)c3ccccc3C2=O)C(=O)c2sc3cc(Cl)ccc3c2Cl)cc1. The van der Waals surface area contributed by atoms with Crippen LogP contribution in [0.15, 0.2) is 66.7 Å². The van der Waals surface area contributed by atoms with Gasteiger partial charge in [-0.15, -0.1) is 11.3 Å². The Morgan fingerprint density at radius 2 is 1.62 bits per heavy atom. The molecular formula is C25H16Cl2N2O4S. The summed E-state index contributed by atoms with van der Waals surface area (Å²) in [5, 5.41) is 1.53. The van der Waals surface area contributed by atoms with Crippen LogP contribution in [0.25, 0.3) is 10.1 Å². The summed E-state index contributed by atoms with van der Waals surface area (Å²) in [5.41, 5.74) is 1.10. The molecule has 1 aliphatic heterocycles. The molecule has 4 aromatic rings. The fourth-order valence-electron chi connectivity index (χ4n) is 3.83. The molecule has 0 aliphatic carbocycles. The first-order valence-electron chi connectivity index (χ1n) is 10.2. The van der Waals surface area contributed by atoms with E-state index in [1.54, 1.807) is 73.8 Å². The van der Waals surface area contributed by atoms with E-state index >= 15 is 0 Å². The van der Waals surface area contributed by atoms with Crippen LogP contribution in [-0.2, 0) is 0 Å². The molecule has 2 heterocycles. The van der Waals surface area contributed by atoms with Gasteiger partial charge in [-0.3, -0.25) is 24.2 Å². The number of nitrogens with zero attached hydrogens (tertiary/aromatic N) is 2. The van der Waals surface area contributed by atoms with Crippen LogP contribution in [0.1, 0.15) is 30.4 Å². The summed E-state index contributed by atoms with van der Waals surface area (Å²) in [7, 11) is 1.54. The molecule has 34 heavy (non-hydrogen) atoms. The zero-order valence-corrected chi connectivity index (χ0v) is 20.1. The second-order valence-corrected chi connectivity index (χ2v) is 9.41. The number of anilines is 1. The molecule has 0 atom stereocenters. The van der Waals surface area contributed by atoms with Crippen molar-refractivity contribution in [1.82, 2.24) is 4.90 Å². The third-order valence-corrected chi connectivity index (χ3v) is 7.46. The summed E-state index contributed by atoms with van der Waals surface area (Å²) >= 11 is 13.9. The fraction of sp³-hybridized carbons (Fsp3) is 0.0800. The molecule has 170 valence electrons. The Kier molecular flexibility index (Phi) is 5.77. The van der Waals surface area contributed by atoms with Crippen molar-refractivity contribution in [2.45, 2.75) is 0 Å². The predicted molar refractivity (Wildman–Crippen MR) is 133 cm³/mol. The number of halogens is 2. The first-order chi connectivity index (χ1) is 16.4. The minimum Gasteiger partial charge on any atom is -0.497 e. The number of hydrogen-bond donors (Lipinski definition) is 0. The van der Waals surface area contributed by atoms with Crippen molar-refractivity contribution < 1.29 is 19.1 Å². The molecule has 0 spiro atoms. The van der Waals surface area contributed by atoms with E-state index < -0.39 is 17.7 Å². The molecule has 0 unspecified atom stereocenters. The number of carbonyl (C=O) groups is 3. The standard InChI is InChI=1S/C25H16Cl2N2O4S/c1-33-16-9-7-15(8-10-16)28(13-29-23(30)17-4-2-3-5-18(17)24(29)31)25(32)22-21(27)19-11-6-14(26)12-20(19)34-22/h2-12H,13H2,1H3. The highest BCUT2D eigenvalue weighted by Gasteiger charge is 2.38. The van der Waals surface area contributed by atoms with Gasteiger partial charge in [0.1, 0.15) is 17.3 Å². The highest BCUT2D eigenvalue weighted by Crippen LogP contribution is 2.38. The third-order valence-electron chi connectivity index (χ3n) is 5.58. The molecule has 3 amide bonds. The summed E-state index contributed by atoms with van der Waals surface area (Å²) in [6.45, 7) is -0.275. The van der Waals surface area contributed by atoms with Crippen LogP contribution in [-0.4, -0.2) is 36.4 Å². The van der Waals surface area contributed by atoms with Gasteiger partial charge in [0.2, 0.25) is 0 Å². The number of methoxy groups -OCH3 is 1. The second-order valence-electron chi connectivity index (χ2n) is 7.54. The van der Waals surface area contributed by atoms with Gasteiger partial charge in [0.05, 0.1) is 23.3 Å². The highest BCUT2D eigenvalue weighted by molar-refractivity contribution is 7.21. The molecule has 1 aromatic heterocycles. The van der Waals surface area contributed by atoms with E-state index in [1.807, 2.05) is 0 Å². The zero-order valence-electron chi connectivity index (χ0n) is 17.7. The Hall–Kier alpha value is -3.39. The Morgan fingerprint density at radius 3 is 2.24 bits per heavy atom. The van der Waals surface area contributed by atoms with Gasteiger partial charge in [-0.2, -0.15) is 0 Å². The Bertz CT molecular complexity index is 1430. The first kappa shape index (κ1) is 22.4. The number of imide groups is 1. The maximum absolute atomic E-state index is 13.8. The summed E-state index contributed by atoms with van der Waals surface area (Å²) in [6, 6.07) is 18.6. The lowest BCUT2D eigenvalue weighted by Gasteiger charge is -2.27. The molecule has 0 saturated carbocycles. The monoisotopic (exact) mass is 510 g/mol. The number of ether oxygens (including phenoxy) is 1. The van der Waals surface area contributed by atoms with Crippen molar-refractivity contribution in [3.05, 3.63) is 92.8 Å². The van der Waals surface area contributed by atoms with Crippen molar-refractivity contribution in [1.29, 1.82) is 0 Å². The lowest BCUT2D eigenvalue weighted by molar-refractivity contribution is 0.0650. The molecule has 0 bridgehead atoms. The average molecular weight is 511 g/mol. The first-order valence-corrected chi connectivity index (χ1v) is 11.7. The van der Waals surface area contributed by atoms with Crippen LogP contribution in [0.2, 0.25) is 10.0 Å². The molecule has 0 radical (unpaired) electrons. The molecule has 0 fully saturated rings. The van der Waals surface area contributed by atoms with Crippen molar-refractivity contribution in [3.8, 4) is 5.75 Å². The number of thiophene rings is 1. The van der Waals surface area contributed by atoms with E-state index in [9.17, 15) is 14.4 Å². The molecule has 5 rings (SSSR count). The van der Waals surface area contributed by atoms with E-state index in [2.05, 4.69) is 0 Å². The van der Waals surface area contributed by atoms with E-state index in [0.29, 0.717) is 38.0 Å². The molecule has 0 N–H and O–H groups in total. The summed E-state index contributed by atoms with van der Waals surface area (Å²) in [4.78, 5) is 42.5. The van der Waals surface area contributed by atoms with Gasteiger partial charge in [-0.05, 0) is 48.5 Å². The lowest BCUT2D eigenvalue weighted by Crippen LogP contribution is -2.44. The van der Waals surface area contributed by atoms with Crippen LogP contribution in [0.4, 0.5) is 5.69 Å². The van der Waals surface area contributed by atoms with Gasteiger partial charge in [-0.1, -0.05) is 41.4 Å². The quantitative estimate of drug-likeness (QED) is 0.303. The van der Waals surface area contributed by atoms with Gasteiger partial charge >= 0.3 is 0 Å². The van der Waals surface area contributed by atoms with E-state index in [1.165, 1.54) is 16.2 Å². The van der Waals surface area contributed by atoms with E-state index in [0.717, 1.165) is 9.60 Å². The minimum atomic E-state index is -0.457. The highest BCUT2D eigenvalue weighted by atomic mass is 35.5. The molecule has 3 aromatic carbocycles. The Morgan fingerprint density at radius 1 is 0.971 bits per heavy atom. The molecular weight excluding hydrogens is 495 g/mol. The second kappa shape index (κ2) is 8.76. The molecule has 0 saturated heterocycles. The third kappa shape index (κ3) is 3.72. The largest absolute Gasteiger partial charge is 0.497 e. The molecule has 1 aliphatic rings. The van der Waals surface area contributed by atoms with E-state index in [-0.39, 0.29) is 11.5 Å². The number of fused-ring (bicyclic) bond motifs is 2. The normalized spacial score (nSPS) is 12.9. The van der Waals surface area contributed by atoms with Crippen LogP contribution in [0, 0.1) is 0 Å². The Labute approximate surface area is 208 Å². The number of rotatable bonds is 5. The van der Waals surface area contributed by atoms with Gasteiger partial charge in [-0.25, -0.2) is 0 Å². The van der Waals surface area contributed by atoms with Crippen molar-refractivity contribution in [2.75, 3.05) is 18.7 Å². The number of hydrogen-bond acceptors (Lipinski definition) is 5. The van der Waals surface area contributed by atoms with Gasteiger partial charge in [0.25, 0.3) is 17.7 Å². The van der Waals surface area contributed by atoms with Gasteiger partial charge < -0.3 is 4.74 Å². The van der Waals surface area contributed by atoms with Crippen molar-refractivity contribution in [2.24, 2.45) is 0 Å². The maximum Gasteiger partial charge on any atom is 0.271 e. The fourth-order valence-corrected chi connectivity index (χ4v) is 5.57. The molecule has 6 nitrogen and oxygen atoms in total. The van der Waals surface area contributed by atoms with Crippen LogP contribution >= 0.6 is 34.5 Å². The summed E-state index contributed by atoms with van der Waals surface area (Å²) in [6.07, 6.45) is 0. The summed E-state index contributed by atoms with van der Waals surface area (Å²) < 4.78 is 5.98. The minimum absolute atomic E-state index is 0.275.